The number of fused-ring (bicyclic) bond motifs is 2. The van der Waals surface area contributed by atoms with E-state index < -0.39 is 11.6 Å². The van der Waals surface area contributed by atoms with Gasteiger partial charge in [0.15, 0.2) is 0 Å². The molecule has 0 radical (unpaired) electrons. The van der Waals surface area contributed by atoms with Gasteiger partial charge in [-0.25, -0.2) is 0 Å². The zero-order valence-corrected chi connectivity index (χ0v) is 20.5. The van der Waals surface area contributed by atoms with Crippen LogP contribution in [0.25, 0.3) is 11.3 Å². The molecule has 3 aliphatic rings. The third-order valence-electron chi connectivity index (χ3n) is 8.00. The fourth-order valence-corrected chi connectivity index (χ4v) is 6.80. The minimum atomic E-state index is -0.760. The zero-order valence-electron chi connectivity index (χ0n) is 19.7. The molecule has 3 fully saturated rings. The van der Waals surface area contributed by atoms with Gasteiger partial charge in [0, 0.05) is 17.4 Å². The molecule has 1 aliphatic heterocycles. The van der Waals surface area contributed by atoms with Crippen LogP contribution in [0.3, 0.4) is 0 Å². The first kappa shape index (κ1) is 22.6. The summed E-state index contributed by atoms with van der Waals surface area (Å²) in [5, 5.41) is 23.2. The second-order valence-electron chi connectivity index (χ2n) is 10.3. The number of hydrogen-bond acceptors (Lipinski definition) is 7. The summed E-state index contributed by atoms with van der Waals surface area (Å²) in [5.41, 5.74) is 3.71. The summed E-state index contributed by atoms with van der Waals surface area (Å²) >= 11 is 1.64. The van der Waals surface area contributed by atoms with E-state index in [1.807, 2.05) is 18.3 Å². The SMILES string of the molecule is O=C(O)CC12CCCC(C1)C(c1ccc(-c3ccc(Nc4nnc(C5CCC5)s4)cn3)cc1)CO2. The molecule has 1 saturated heterocycles. The zero-order chi connectivity index (χ0) is 23.8. The maximum absolute atomic E-state index is 11.3. The molecule has 182 valence electrons. The molecule has 0 spiro atoms. The van der Waals surface area contributed by atoms with Gasteiger partial charge >= 0.3 is 5.97 Å². The highest BCUT2D eigenvalue weighted by Gasteiger charge is 2.46. The fraction of sp³-hybridized carbons (Fsp3) is 0.481. The van der Waals surface area contributed by atoms with Gasteiger partial charge in [0.05, 0.1) is 36.2 Å². The molecule has 3 aromatic rings. The summed E-state index contributed by atoms with van der Waals surface area (Å²) in [6, 6.07) is 12.7. The highest BCUT2D eigenvalue weighted by Crippen LogP contribution is 2.48. The van der Waals surface area contributed by atoms with Crippen molar-refractivity contribution in [2.75, 3.05) is 11.9 Å². The van der Waals surface area contributed by atoms with Crippen LogP contribution in [0.2, 0.25) is 0 Å². The van der Waals surface area contributed by atoms with E-state index in [9.17, 15) is 9.90 Å². The highest BCUT2D eigenvalue weighted by molar-refractivity contribution is 7.15. The number of carboxylic acid groups (broad SMARTS) is 1. The van der Waals surface area contributed by atoms with Crippen LogP contribution in [0, 0.1) is 5.92 Å². The monoisotopic (exact) mass is 490 g/mol. The number of ether oxygens (including phenoxy) is 1. The van der Waals surface area contributed by atoms with Crippen LogP contribution in [-0.4, -0.2) is 38.5 Å². The standard InChI is InChI=1S/C27H30N4O3S/c32-24(33)14-27-12-2-5-20(13-27)22(16-34-27)17-6-8-18(9-7-17)23-11-10-21(15-28-23)29-26-31-30-25(35-26)19-3-1-4-19/h6-11,15,19-20,22H,1-5,12-14,16H2,(H,29,31)(H,32,33). The first-order valence-corrected chi connectivity index (χ1v) is 13.4. The summed E-state index contributed by atoms with van der Waals surface area (Å²) in [5.74, 6) is 0.639. The van der Waals surface area contributed by atoms with Crippen molar-refractivity contribution in [1.82, 2.24) is 15.2 Å². The van der Waals surface area contributed by atoms with Crippen molar-refractivity contribution < 1.29 is 14.6 Å². The molecule has 2 saturated carbocycles. The summed E-state index contributed by atoms with van der Waals surface area (Å²) < 4.78 is 6.21. The van der Waals surface area contributed by atoms with Crippen LogP contribution in [0.15, 0.2) is 42.6 Å². The Morgan fingerprint density at radius 3 is 2.69 bits per heavy atom. The Morgan fingerprint density at radius 1 is 1.11 bits per heavy atom. The lowest BCUT2D eigenvalue weighted by atomic mass is 9.67. The normalized spacial score (nSPS) is 26.2. The number of benzene rings is 1. The predicted octanol–water partition coefficient (Wildman–Crippen LogP) is 6.13. The molecule has 8 heteroatoms. The number of hydrogen-bond donors (Lipinski definition) is 2. The molecule has 2 N–H and O–H groups in total. The smallest absolute Gasteiger partial charge is 0.306 e. The van der Waals surface area contributed by atoms with E-state index in [0.29, 0.717) is 24.4 Å². The van der Waals surface area contributed by atoms with Crippen molar-refractivity contribution in [3.63, 3.8) is 0 Å². The van der Waals surface area contributed by atoms with Crippen molar-refractivity contribution in [3.05, 3.63) is 53.2 Å². The molecule has 1 aromatic carbocycles. The van der Waals surface area contributed by atoms with E-state index in [-0.39, 0.29) is 6.42 Å². The van der Waals surface area contributed by atoms with Gasteiger partial charge in [-0.05, 0) is 55.7 Å². The Labute approximate surface area is 209 Å². The van der Waals surface area contributed by atoms with Crippen LogP contribution < -0.4 is 5.32 Å². The summed E-state index contributed by atoms with van der Waals surface area (Å²) in [6.45, 7) is 0.601. The van der Waals surface area contributed by atoms with Gasteiger partial charge in [-0.15, -0.1) is 10.2 Å². The third kappa shape index (κ3) is 4.69. The molecule has 7 nitrogen and oxygen atoms in total. The Balaban J connectivity index is 1.11. The minimum absolute atomic E-state index is 0.117. The molecule has 3 atom stereocenters. The quantitative estimate of drug-likeness (QED) is 0.411. The highest BCUT2D eigenvalue weighted by atomic mass is 32.1. The molecular weight excluding hydrogens is 460 g/mol. The average molecular weight is 491 g/mol. The first-order chi connectivity index (χ1) is 17.1. The molecule has 2 aromatic heterocycles. The number of rotatable bonds is 7. The number of carboxylic acids is 1. The predicted molar refractivity (Wildman–Crippen MR) is 135 cm³/mol. The van der Waals surface area contributed by atoms with Gasteiger partial charge in [0.2, 0.25) is 5.13 Å². The number of nitrogens with one attached hydrogen (secondary N) is 1. The summed E-state index contributed by atoms with van der Waals surface area (Å²) in [7, 11) is 0. The van der Waals surface area contributed by atoms with E-state index in [1.54, 1.807) is 11.3 Å². The van der Waals surface area contributed by atoms with E-state index >= 15 is 0 Å². The molecule has 0 amide bonds. The van der Waals surface area contributed by atoms with Crippen LogP contribution in [0.5, 0.6) is 0 Å². The van der Waals surface area contributed by atoms with Crippen LogP contribution in [0.1, 0.15) is 73.8 Å². The van der Waals surface area contributed by atoms with Gasteiger partial charge in [-0.1, -0.05) is 48.4 Å². The maximum atomic E-state index is 11.3. The largest absolute Gasteiger partial charge is 0.481 e. The van der Waals surface area contributed by atoms with Gasteiger partial charge < -0.3 is 15.2 Å². The number of pyridine rings is 1. The Morgan fingerprint density at radius 2 is 1.97 bits per heavy atom. The van der Waals surface area contributed by atoms with Gasteiger partial charge in [-0.2, -0.15) is 0 Å². The number of anilines is 2. The van der Waals surface area contributed by atoms with Gasteiger partial charge in [0.1, 0.15) is 5.01 Å². The van der Waals surface area contributed by atoms with Crippen LogP contribution in [-0.2, 0) is 9.53 Å². The number of nitrogens with zero attached hydrogens (tertiary/aromatic N) is 3. The van der Waals surface area contributed by atoms with Crippen LogP contribution >= 0.6 is 11.3 Å². The molecule has 2 aliphatic carbocycles. The minimum Gasteiger partial charge on any atom is -0.481 e. The van der Waals surface area contributed by atoms with Crippen molar-refractivity contribution in [2.45, 2.75) is 68.8 Å². The third-order valence-corrected chi connectivity index (χ3v) is 9.00. The van der Waals surface area contributed by atoms with Crippen molar-refractivity contribution in [1.29, 1.82) is 0 Å². The average Bonchev–Trinajstić information content (AvgIpc) is 3.26. The lowest BCUT2D eigenvalue weighted by Crippen LogP contribution is -2.47. The van der Waals surface area contributed by atoms with E-state index in [0.717, 1.165) is 52.8 Å². The van der Waals surface area contributed by atoms with Crippen molar-refractivity contribution >= 4 is 28.1 Å². The summed E-state index contributed by atoms with van der Waals surface area (Å²) in [4.78, 5) is 16.0. The maximum Gasteiger partial charge on any atom is 0.306 e. The number of carbonyl (C=O) groups is 1. The lowest BCUT2D eigenvalue weighted by Gasteiger charge is -2.48. The van der Waals surface area contributed by atoms with E-state index in [2.05, 4.69) is 44.8 Å². The van der Waals surface area contributed by atoms with E-state index in [4.69, 9.17) is 4.74 Å². The molecule has 2 bridgehead atoms. The lowest BCUT2D eigenvalue weighted by molar-refractivity contribution is -0.162. The second-order valence-corrected chi connectivity index (χ2v) is 11.3. The molecular formula is C27H30N4O3S. The van der Waals surface area contributed by atoms with Gasteiger partial charge in [0.25, 0.3) is 0 Å². The Bertz CT molecular complexity index is 1190. The van der Waals surface area contributed by atoms with Crippen molar-refractivity contribution in [2.24, 2.45) is 5.92 Å². The summed E-state index contributed by atoms with van der Waals surface area (Å²) in [6.07, 6.45) is 9.59. The van der Waals surface area contributed by atoms with Crippen molar-refractivity contribution in [3.8, 4) is 11.3 Å². The fourth-order valence-electron chi connectivity index (χ4n) is 5.87. The number of aromatic nitrogens is 3. The van der Waals surface area contributed by atoms with Gasteiger partial charge in [-0.3, -0.25) is 9.78 Å². The van der Waals surface area contributed by atoms with Crippen LogP contribution in [0.4, 0.5) is 10.8 Å². The molecule has 3 heterocycles. The Kier molecular flexibility index (Phi) is 6.02. The second kappa shape index (κ2) is 9.32. The number of aliphatic carboxylic acids is 1. The first-order valence-electron chi connectivity index (χ1n) is 12.6. The van der Waals surface area contributed by atoms with E-state index in [1.165, 1.54) is 24.8 Å². The molecule has 35 heavy (non-hydrogen) atoms. The molecule has 6 rings (SSSR count). The topological polar surface area (TPSA) is 97.2 Å². The Hall–Kier alpha value is -2.84. The molecule has 3 unspecified atom stereocenters.